The molecule has 2 atom stereocenters. The molecule has 1 heterocycles. The molecule has 1 aromatic carbocycles. The largest absolute Gasteiger partial charge is 0.327 e. The Kier molecular flexibility index (Phi) is 4.63. The summed E-state index contributed by atoms with van der Waals surface area (Å²) in [4.78, 5) is 4.54. The molecule has 0 saturated carbocycles. The topological polar surface area (TPSA) is 77.8 Å². The van der Waals surface area contributed by atoms with Crippen molar-refractivity contribution in [2.45, 2.75) is 38.8 Å². The molecule has 0 aliphatic heterocycles. The van der Waals surface area contributed by atoms with Crippen LogP contribution in [-0.4, -0.2) is 21.4 Å². The van der Waals surface area contributed by atoms with Crippen LogP contribution in [0.4, 0.5) is 0 Å². The second kappa shape index (κ2) is 6.23. The van der Waals surface area contributed by atoms with Gasteiger partial charge < -0.3 is 11.5 Å². The van der Waals surface area contributed by atoms with Crippen LogP contribution in [0.15, 0.2) is 24.3 Å². The number of nitrogens with zero attached hydrogens (tertiary/aromatic N) is 2. The molecule has 2 rings (SSSR count). The van der Waals surface area contributed by atoms with Crippen molar-refractivity contribution in [2.24, 2.45) is 11.5 Å². The fourth-order valence-corrected chi connectivity index (χ4v) is 2.54. The fraction of sp³-hybridized carbons (Fsp3) is 0.429. The average Bonchev–Trinajstić information content (AvgIpc) is 2.79. The molecule has 102 valence electrons. The summed E-state index contributed by atoms with van der Waals surface area (Å²) in [5.41, 5.74) is 14.3. The lowest BCUT2D eigenvalue weighted by atomic mass is 10.1. The van der Waals surface area contributed by atoms with Gasteiger partial charge in [-0.1, -0.05) is 24.3 Å². The minimum absolute atomic E-state index is 0.0243. The van der Waals surface area contributed by atoms with Crippen LogP contribution < -0.4 is 11.5 Å². The summed E-state index contributed by atoms with van der Waals surface area (Å²) >= 11 is 1.42. The summed E-state index contributed by atoms with van der Waals surface area (Å²) in [7, 11) is 0. The van der Waals surface area contributed by atoms with Crippen LogP contribution in [-0.2, 0) is 12.8 Å². The van der Waals surface area contributed by atoms with Gasteiger partial charge in [-0.25, -0.2) is 4.98 Å². The first-order valence-corrected chi connectivity index (χ1v) is 7.20. The average molecular weight is 276 g/mol. The zero-order valence-corrected chi connectivity index (χ0v) is 12.2. The van der Waals surface area contributed by atoms with Crippen LogP contribution in [0.1, 0.15) is 28.9 Å². The van der Waals surface area contributed by atoms with Gasteiger partial charge in [-0.15, -0.1) is 0 Å². The van der Waals surface area contributed by atoms with Crippen molar-refractivity contribution in [3.63, 3.8) is 0 Å². The Morgan fingerprint density at radius 1 is 1.26 bits per heavy atom. The van der Waals surface area contributed by atoms with Crippen LogP contribution in [0.3, 0.4) is 0 Å². The van der Waals surface area contributed by atoms with Gasteiger partial charge in [0.15, 0.2) is 0 Å². The number of rotatable bonds is 5. The quantitative estimate of drug-likeness (QED) is 0.870. The lowest BCUT2D eigenvalue weighted by Crippen LogP contribution is -2.40. The van der Waals surface area contributed by atoms with Crippen molar-refractivity contribution >= 4 is 11.5 Å². The van der Waals surface area contributed by atoms with E-state index in [1.165, 1.54) is 22.7 Å². The zero-order chi connectivity index (χ0) is 13.8. The summed E-state index contributed by atoms with van der Waals surface area (Å²) in [6, 6.07) is 8.23. The van der Waals surface area contributed by atoms with E-state index in [0.717, 1.165) is 17.3 Å². The predicted octanol–water partition coefficient (Wildman–Crippen LogP) is 1.65. The number of hydrogen-bond donors (Lipinski definition) is 2. The Labute approximate surface area is 118 Å². The van der Waals surface area contributed by atoms with Gasteiger partial charge in [0, 0.05) is 24.9 Å². The van der Waals surface area contributed by atoms with Crippen molar-refractivity contribution in [1.82, 2.24) is 9.36 Å². The van der Waals surface area contributed by atoms with E-state index >= 15 is 0 Å². The van der Waals surface area contributed by atoms with Gasteiger partial charge in [-0.05, 0) is 36.5 Å². The second-order valence-electron chi connectivity index (χ2n) is 4.93. The third kappa shape index (κ3) is 3.83. The molecule has 2 unspecified atom stereocenters. The maximum atomic E-state index is 5.95. The number of hydrogen-bond acceptors (Lipinski definition) is 5. The van der Waals surface area contributed by atoms with Gasteiger partial charge in [-0.3, -0.25) is 0 Å². The molecule has 0 fully saturated rings. The first-order valence-electron chi connectivity index (χ1n) is 6.43. The van der Waals surface area contributed by atoms with Crippen molar-refractivity contribution < 1.29 is 0 Å². The van der Waals surface area contributed by atoms with E-state index in [1.807, 2.05) is 19.1 Å². The highest BCUT2D eigenvalue weighted by atomic mass is 32.1. The Hall–Kier alpha value is -1.30. The molecular weight excluding hydrogens is 256 g/mol. The minimum Gasteiger partial charge on any atom is -0.327 e. The highest BCUT2D eigenvalue weighted by Crippen LogP contribution is 2.14. The van der Waals surface area contributed by atoms with Crippen LogP contribution in [0.2, 0.25) is 0 Å². The summed E-state index contributed by atoms with van der Waals surface area (Å²) in [5.74, 6) is 0.867. The summed E-state index contributed by atoms with van der Waals surface area (Å²) in [5, 5.41) is 0.966. The molecule has 0 saturated heterocycles. The van der Waals surface area contributed by atoms with Crippen molar-refractivity contribution in [3.05, 3.63) is 46.2 Å². The van der Waals surface area contributed by atoms with Gasteiger partial charge >= 0.3 is 0 Å². The smallest absolute Gasteiger partial charge is 0.146 e. The second-order valence-corrected chi connectivity index (χ2v) is 5.77. The fourth-order valence-electron chi connectivity index (χ4n) is 1.81. The minimum atomic E-state index is -0.0562. The molecular formula is C14H20N4S. The van der Waals surface area contributed by atoms with E-state index in [4.69, 9.17) is 11.5 Å². The Balaban J connectivity index is 2.04. The maximum Gasteiger partial charge on any atom is 0.146 e. The lowest BCUT2D eigenvalue weighted by Gasteiger charge is -2.12. The van der Waals surface area contributed by atoms with E-state index < -0.39 is 0 Å². The van der Waals surface area contributed by atoms with E-state index in [0.29, 0.717) is 6.42 Å². The van der Waals surface area contributed by atoms with Crippen LogP contribution >= 0.6 is 11.5 Å². The zero-order valence-electron chi connectivity index (χ0n) is 11.3. The number of aromatic nitrogens is 2. The third-order valence-corrected chi connectivity index (χ3v) is 3.98. The van der Waals surface area contributed by atoms with Crippen LogP contribution in [0.25, 0.3) is 0 Å². The van der Waals surface area contributed by atoms with Gasteiger partial charge in [0.05, 0.1) is 0 Å². The maximum absolute atomic E-state index is 5.95. The number of aryl methyl sites for hydroxylation is 1. The summed E-state index contributed by atoms with van der Waals surface area (Å²) in [6.45, 7) is 4.02. The van der Waals surface area contributed by atoms with Crippen LogP contribution in [0.5, 0.6) is 0 Å². The molecule has 1 aromatic heterocycles. The molecule has 5 heteroatoms. The predicted molar refractivity (Wildman–Crippen MR) is 79.2 cm³/mol. The molecule has 0 bridgehead atoms. The molecule has 0 amide bonds. The molecule has 4 N–H and O–H groups in total. The number of benzene rings is 1. The van der Waals surface area contributed by atoms with Crippen molar-refractivity contribution in [1.29, 1.82) is 0 Å². The van der Waals surface area contributed by atoms with E-state index in [-0.39, 0.29) is 12.1 Å². The Bertz CT molecular complexity index is 536. The molecule has 4 nitrogen and oxygen atoms in total. The summed E-state index contributed by atoms with van der Waals surface area (Å²) < 4.78 is 4.40. The first-order chi connectivity index (χ1) is 9.06. The van der Waals surface area contributed by atoms with Crippen molar-refractivity contribution in [2.75, 3.05) is 0 Å². The first kappa shape index (κ1) is 14.1. The van der Waals surface area contributed by atoms with E-state index in [2.05, 4.69) is 28.4 Å². The monoisotopic (exact) mass is 276 g/mol. The Morgan fingerprint density at radius 2 is 2.00 bits per heavy atom. The standard InChI is InChI=1S/C14H20N4S/c1-9-5-3-4-6-11(9)7-13-17-14(19-18-13)8-12(16)10(2)15/h3-6,10,12H,7-8,15-16H2,1-2H3. The molecule has 0 spiro atoms. The Morgan fingerprint density at radius 3 is 2.68 bits per heavy atom. The van der Waals surface area contributed by atoms with Gasteiger partial charge in [0.25, 0.3) is 0 Å². The van der Waals surface area contributed by atoms with Crippen molar-refractivity contribution in [3.8, 4) is 0 Å². The molecule has 0 radical (unpaired) electrons. The molecule has 19 heavy (non-hydrogen) atoms. The molecule has 0 aliphatic rings. The third-order valence-electron chi connectivity index (χ3n) is 3.21. The SMILES string of the molecule is Cc1ccccc1Cc1nsc(CC(N)C(C)N)n1. The van der Waals surface area contributed by atoms with Gasteiger partial charge in [0.2, 0.25) is 0 Å². The van der Waals surface area contributed by atoms with E-state index in [9.17, 15) is 0 Å². The normalized spacial score (nSPS) is 14.3. The molecule has 2 aromatic rings. The summed E-state index contributed by atoms with van der Waals surface area (Å²) in [6.07, 6.45) is 1.47. The highest BCUT2D eigenvalue weighted by Gasteiger charge is 2.13. The van der Waals surface area contributed by atoms with E-state index in [1.54, 1.807) is 0 Å². The molecule has 0 aliphatic carbocycles. The lowest BCUT2D eigenvalue weighted by molar-refractivity contribution is 0.556. The highest BCUT2D eigenvalue weighted by molar-refractivity contribution is 7.05. The number of nitrogens with two attached hydrogens (primary N) is 2. The van der Waals surface area contributed by atoms with Crippen LogP contribution in [0, 0.1) is 6.92 Å². The van der Waals surface area contributed by atoms with Gasteiger partial charge in [0.1, 0.15) is 10.8 Å². The van der Waals surface area contributed by atoms with Gasteiger partial charge in [-0.2, -0.15) is 4.37 Å².